The number of aromatic nitrogens is 4. The normalized spacial score (nSPS) is 15.9. The Kier molecular flexibility index (Phi) is 6.04. The lowest BCUT2D eigenvalue weighted by atomic mass is 9.97. The highest BCUT2D eigenvalue weighted by Crippen LogP contribution is 2.24. The molecule has 0 spiro atoms. The van der Waals surface area contributed by atoms with E-state index in [4.69, 9.17) is 4.74 Å². The molecule has 1 saturated heterocycles. The number of carbonyl (C=O) groups excluding carboxylic acids is 1. The summed E-state index contributed by atoms with van der Waals surface area (Å²) in [7, 11) is 1.58. The second kappa shape index (κ2) is 9.04. The van der Waals surface area contributed by atoms with E-state index in [1.54, 1.807) is 17.9 Å². The minimum Gasteiger partial charge on any atom is -0.497 e. The summed E-state index contributed by atoms with van der Waals surface area (Å²) in [6, 6.07) is 13.8. The largest absolute Gasteiger partial charge is 0.497 e. The monoisotopic (exact) mass is 406 g/mol. The molecule has 8 nitrogen and oxygen atoms in total. The average molecular weight is 406 g/mol. The highest BCUT2D eigenvalue weighted by molar-refractivity contribution is 5.92. The smallest absolute Gasteiger partial charge is 0.228 e. The third kappa shape index (κ3) is 4.83. The van der Waals surface area contributed by atoms with Crippen molar-refractivity contribution in [1.82, 2.24) is 25.5 Å². The molecule has 4 rings (SSSR count). The SMILES string of the molecule is COc1cc(NC(=O)Cc2ccc(CC3CCNC3)cc2)cc(-n2nnnc2C)c1. The van der Waals surface area contributed by atoms with Gasteiger partial charge in [0.25, 0.3) is 0 Å². The summed E-state index contributed by atoms with van der Waals surface area (Å²) in [6.07, 6.45) is 2.63. The molecular formula is C22H26N6O2. The fourth-order valence-electron chi connectivity index (χ4n) is 3.77. The van der Waals surface area contributed by atoms with Crippen LogP contribution in [-0.2, 0) is 17.6 Å². The van der Waals surface area contributed by atoms with Crippen LogP contribution in [0.15, 0.2) is 42.5 Å². The summed E-state index contributed by atoms with van der Waals surface area (Å²) in [6.45, 7) is 4.02. The molecule has 1 fully saturated rings. The van der Waals surface area contributed by atoms with E-state index in [1.807, 2.05) is 31.2 Å². The summed E-state index contributed by atoms with van der Waals surface area (Å²) < 4.78 is 6.96. The highest BCUT2D eigenvalue weighted by atomic mass is 16.5. The van der Waals surface area contributed by atoms with Gasteiger partial charge < -0.3 is 15.4 Å². The number of rotatable bonds is 7. The number of ether oxygens (including phenoxy) is 1. The van der Waals surface area contributed by atoms with Crippen molar-refractivity contribution in [3.05, 3.63) is 59.4 Å². The van der Waals surface area contributed by atoms with E-state index in [-0.39, 0.29) is 5.91 Å². The number of carbonyl (C=O) groups is 1. The second-order valence-corrected chi connectivity index (χ2v) is 7.66. The maximum atomic E-state index is 12.6. The standard InChI is InChI=1S/C22H26N6O2/c1-15-25-26-27-28(15)20-11-19(12-21(13-20)30-2)24-22(29)10-17-5-3-16(4-6-17)9-18-7-8-23-14-18/h3-6,11-13,18,23H,7-10,14H2,1-2H3,(H,24,29). The second-order valence-electron chi connectivity index (χ2n) is 7.66. The number of benzene rings is 2. The molecule has 30 heavy (non-hydrogen) atoms. The Morgan fingerprint density at radius 2 is 2.03 bits per heavy atom. The fourth-order valence-corrected chi connectivity index (χ4v) is 3.77. The van der Waals surface area contributed by atoms with Crippen LogP contribution in [0.2, 0.25) is 0 Å². The molecule has 3 aromatic rings. The van der Waals surface area contributed by atoms with Crippen LogP contribution in [0.3, 0.4) is 0 Å². The van der Waals surface area contributed by atoms with Gasteiger partial charge in [0.1, 0.15) is 5.75 Å². The van der Waals surface area contributed by atoms with Gasteiger partial charge in [-0.2, -0.15) is 4.68 Å². The van der Waals surface area contributed by atoms with Gasteiger partial charge in [-0.25, -0.2) is 0 Å². The van der Waals surface area contributed by atoms with Gasteiger partial charge >= 0.3 is 0 Å². The van der Waals surface area contributed by atoms with Crippen LogP contribution in [-0.4, -0.2) is 46.3 Å². The predicted molar refractivity (Wildman–Crippen MR) is 114 cm³/mol. The fraction of sp³-hybridized carbons (Fsp3) is 0.364. The lowest BCUT2D eigenvalue weighted by Gasteiger charge is -2.11. The van der Waals surface area contributed by atoms with Gasteiger partial charge in [-0.3, -0.25) is 4.79 Å². The Balaban J connectivity index is 1.41. The zero-order valence-electron chi connectivity index (χ0n) is 17.3. The highest BCUT2D eigenvalue weighted by Gasteiger charge is 2.15. The third-order valence-corrected chi connectivity index (χ3v) is 5.36. The van der Waals surface area contributed by atoms with E-state index in [0.717, 1.165) is 30.8 Å². The van der Waals surface area contributed by atoms with Gasteiger partial charge in [-0.05, 0) is 66.4 Å². The number of aryl methyl sites for hydroxylation is 1. The minimum absolute atomic E-state index is 0.0876. The first-order chi connectivity index (χ1) is 14.6. The number of nitrogens with zero attached hydrogens (tertiary/aromatic N) is 4. The summed E-state index contributed by atoms with van der Waals surface area (Å²) >= 11 is 0. The Morgan fingerprint density at radius 3 is 2.70 bits per heavy atom. The van der Waals surface area contributed by atoms with E-state index in [2.05, 4.69) is 38.3 Å². The lowest BCUT2D eigenvalue weighted by molar-refractivity contribution is -0.115. The van der Waals surface area contributed by atoms with Crippen LogP contribution in [0.1, 0.15) is 23.4 Å². The summed E-state index contributed by atoms with van der Waals surface area (Å²) in [5.74, 6) is 1.89. The Bertz CT molecular complexity index is 1010. The van der Waals surface area contributed by atoms with Gasteiger partial charge in [0, 0.05) is 17.8 Å². The van der Waals surface area contributed by atoms with Crippen molar-refractivity contribution in [3.63, 3.8) is 0 Å². The van der Waals surface area contributed by atoms with E-state index < -0.39 is 0 Å². The number of hydrogen-bond acceptors (Lipinski definition) is 6. The molecular weight excluding hydrogens is 380 g/mol. The number of nitrogens with one attached hydrogen (secondary N) is 2. The quantitative estimate of drug-likeness (QED) is 0.625. The van der Waals surface area contributed by atoms with Crippen LogP contribution in [0.25, 0.3) is 5.69 Å². The molecule has 2 N–H and O–H groups in total. The number of methoxy groups -OCH3 is 1. The topological polar surface area (TPSA) is 94.0 Å². The maximum Gasteiger partial charge on any atom is 0.228 e. The van der Waals surface area contributed by atoms with Gasteiger partial charge in [0.05, 0.1) is 19.2 Å². The van der Waals surface area contributed by atoms with Gasteiger partial charge in [0.15, 0.2) is 5.82 Å². The summed E-state index contributed by atoms with van der Waals surface area (Å²) in [5, 5.41) is 17.9. The molecule has 0 bridgehead atoms. The van der Waals surface area contributed by atoms with Crippen molar-refractivity contribution in [2.45, 2.75) is 26.2 Å². The number of tetrazole rings is 1. The molecule has 156 valence electrons. The van der Waals surface area contributed by atoms with Gasteiger partial charge in [-0.15, -0.1) is 5.10 Å². The molecule has 1 unspecified atom stereocenters. The Labute approximate surface area is 175 Å². The van der Waals surface area contributed by atoms with Crippen molar-refractivity contribution in [2.75, 3.05) is 25.5 Å². The molecule has 1 atom stereocenters. The molecule has 8 heteroatoms. The van der Waals surface area contributed by atoms with Crippen LogP contribution >= 0.6 is 0 Å². The van der Waals surface area contributed by atoms with Gasteiger partial charge in [0.2, 0.25) is 5.91 Å². The predicted octanol–water partition coefficient (Wildman–Crippen LogP) is 2.31. The van der Waals surface area contributed by atoms with Crippen molar-refractivity contribution in [1.29, 1.82) is 0 Å². The molecule has 1 aromatic heterocycles. The molecule has 1 amide bonds. The Hall–Kier alpha value is -3.26. The van der Waals surface area contributed by atoms with E-state index >= 15 is 0 Å². The summed E-state index contributed by atoms with van der Waals surface area (Å²) in [4.78, 5) is 12.6. The van der Waals surface area contributed by atoms with Crippen LogP contribution in [0, 0.1) is 12.8 Å². The van der Waals surface area contributed by atoms with Crippen molar-refractivity contribution >= 4 is 11.6 Å². The van der Waals surface area contributed by atoms with Crippen LogP contribution in [0.5, 0.6) is 5.75 Å². The number of anilines is 1. The molecule has 1 aliphatic rings. The van der Waals surface area contributed by atoms with E-state index in [9.17, 15) is 4.79 Å². The Morgan fingerprint density at radius 1 is 1.23 bits per heavy atom. The molecule has 0 saturated carbocycles. The molecule has 2 heterocycles. The molecule has 1 aliphatic heterocycles. The van der Waals surface area contributed by atoms with Crippen LogP contribution < -0.4 is 15.4 Å². The first kappa shape index (κ1) is 20.0. The van der Waals surface area contributed by atoms with E-state index in [1.165, 1.54) is 12.0 Å². The molecule has 2 aromatic carbocycles. The van der Waals surface area contributed by atoms with Crippen molar-refractivity contribution < 1.29 is 9.53 Å². The van der Waals surface area contributed by atoms with E-state index in [0.29, 0.717) is 29.6 Å². The third-order valence-electron chi connectivity index (χ3n) is 5.36. The first-order valence-corrected chi connectivity index (χ1v) is 10.1. The zero-order valence-corrected chi connectivity index (χ0v) is 17.3. The van der Waals surface area contributed by atoms with Crippen molar-refractivity contribution in [2.24, 2.45) is 5.92 Å². The van der Waals surface area contributed by atoms with Gasteiger partial charge in [-0.1, -0.05) is 24.3 Å². The minimum atomic E-state index is -0.0876. The zero-order chi connectivity index (χ0) is 20.9. The summed E-state index contributed by atoms with van der Waals surface area (Å²) in [5.41, 5.74) is 3.66. The average Bonchev–Trinajstić information content (AvgIpc) is 3.40. The maximum absolute atomic E-state index is 12.6. The number of hydrogen-bond donors (Lipinski definition) is 2. The first-order valence-electron chi connectivity index (χ1n) is 10.1. The van der Waals surface area contributed by atoms with Crippen LogP contribution in [0.4, 0.5) is 5.69 Å². The number of amides is 1. The molecule has 0 aliphatic carbocycles. The van der Waals surface area contributed by atoms with Crippen molar-refractivity contribution in [3.8, 4) is 11.4 Å². The molecule has 0 radical (unpaired) electrons. The lowest BCUT2D eigenvalue weighted by Crippen LogP contribution is -2.15.